The molecule has 0 radical (unpaired) electrons. The zero-order valence-corrected chi connectivity index (χ0v) is 18.7. The van der Waals surface area contributed by atoms with Crippen LogP contribution in [0.2, 0.25) is 0 Å². The van der Waals surface area contributed by atoms with Crippen LogP contribution in [-0.4, -0.2) is 45.6 Å². The van der Waals surface area contributed by atoms with E-state index < -0.39 is 11.4 Å². The van der Waals surface area contributed by atoms with Crippen LogP contribution in [0, 0.1) is 17.2 Å². The van der Waals surface area contributed by atoms with E-state index >= 15 is 0 Å². The molecule has 0 spiro atoms. The van der Waals surface area contributed by atoms with Crippen LogP contribution in [0.1, 0.15) is 66.8 Å². The maximum atomic E-state index is 12.3. The normalized spacial score (nSPS) is 25.7. The number of nitrogens with two attached hydrogens (primary N) is 1. The quantitative estimate of drug-likeness (QED) is 0.678. The number of hydrogen-bond donors (Lipinski definition) is 2. The molecule has 3 N–H and O–H groups in total. The molecule has 1 aromatic heterocycles. The molecule has 2 saturated carbocycles. The Balaban J connectivity index is 1.28. The van der Waals surface area contributed by atoms with E-state index in [1.807, 2.05) is 0 Å². The molecule has 3 fully saturated rings. The molecular weight excluding hydrogens is 416 g/mol. The van der Waals surface area contributed by atoms with Crippen LogP contribution in [-0.2, 0) is 10.3 Å². The number of amides is 2. The van der Waals surface area contributed by atoms with Crippen LogP contribution in [0.15, 0.2) is 36.5 Å². The standard InChI is InChI=1S/C25H30N6O2/c26-13-12-25(31-16-21(22(27)32)23(29-31)28-24(33)18-6-7-18)10-8-20(9-11-25)30-14-19(15-30)17-4-2-1-3-5-17/h1-5,16,18-20H,6-12,14-15H2,(H2,27,32)(H,28,29,33). The number of carbonyl (C=O) groups is 2. The predicted octanol–water partition coefficient (Wildman–Crippen LogP) is 2.98. The lowest BCUT2D eigenvalue weighted by Crippen LogP contribution is -2.53. The lowest BCUT2D eigenvalue weighted by Gasteiger charge is -2.49. The van der Waals surface area contributed by atoms with E-state index in [-0.39, 0.29) is 23.2 Å². The monoisotopic (exact) mass is 446 g/mol. The minimum absolute atomic E-state index is 0.00405. The number of hydrogen-bond acceptors (Lipinski definition) is 5. The molecule has 33 heavy (non-hydrogen) atoms. The summed E-state index contributed by atoms with van der Waals surface area (Å²) < 4.78 is 1.73. The number of anilines is 1. The van der Waals surface area contributed by atoms with E-state index in [0.29, 0.717) is 18.4 Å². The third kappa shape index (κ3) is 4.25. The van der Waals surface area contributed by atoms with Gasteiger partial charge in [0, 0.05) is 37.2 Å². The molecule has 3 aliphatic rings. The van der Waals surface area contributed by atoms with Gasteiger partial charge >= 0.3 is 0 Å². The number of rotatable bonds is 7. The largest absolute Gasteiger partial charge is 0.365 e. The smallest absolute Gasteiger partial charge is 0.254 e. The summed E-state index contributed by atoms with van der Waals surface area (Å²) >= 11 is 0. The molecule has 2 aromatic rings. The molecule has 8 heteroatoms. The number of likely N-dealkylation sites (tertiary alicyclic amines) is 1. The minimum atomic E-state index is -0.624. The van der Waals surface area contributed by atoms with Crippen molar-refractivity contribution in [3.05, 3.63) is 47.7 Å². The predicted molar refractivity (Wildman–Crippen MR) is 123 cm³/mol. The average molecular weight is 447 g/mol. The first kappa shape index (κ1) is 21.7. The van der Waals surface area contributed by atoms with Gasteiger partial charge in [-0.05, 0) is 44.1 Å². The first-order chi connectivity index (χ1) is 16.0. The topological polar surface area (TPSA) is 117 Å². The van der Waals surface area contributed by atoms with E-state index in [9.17, 15) is 14.9 Å². The first-order valence-electron chi connectivity index (χ1n) is 11.9. The van der Waals surface area contributed by atoms with Crippen LogP contribution in [0.3, 0.4) is 0 Å². The third-order valence-corrected chi connectivity index (χ3v) is 7.65. The second-order valence-corrected chi connectivity index (χ2v) is 9.82. The molecule has 1 saturated heterocycles. The molecule has 2 aliphatic carbocycles. The van der Waals surface area contributed by atoms with Gasteiger partial charge in [0.2, 0.25) is 5.91 Å². The zero-order valence-electron chi connectivity index (χ0n) is 18.7. The SMILES string of the molecule is N#CCC1(n2cc(C(N)=O)c(NC(=O)C3CC3)n2)CCC(N2CC(c3ccccc3)C2)CC1. The van der Waals surface area contributed by atoms with Crippen LogP contribution in [0.4, 0.5) is 5.82 Å². The Hall–Kier alpha value is -3.18. The van der Waals surface area contributed by atoms with Gasteiger partial charge in [-0.25, -0.2) is 0 Å². The van der Waals surface area contributed by atoms with E-state index in [4.69, 9.17) is 5.73 Å². The molecule has 172 valence electrons. The van der Waals surface area contributed by atoms with Crippen molar-refractivity contribution in [1.29, 1.82) is 5.26 Å². The second kappa shape index (κ2) is 8.64. The summed E-state index contributed by atoms with van der Waals surface area (Å²) in [5.74, 6) is 0.0639. The van der Waals surface area contributed by atoms with E-state index in [1.165, 1.54) is 5.56 Å². The van der Waals surface area contributed by atoms with Gasteiger partial charge in [-0.1, -0.05) is 30.3 Å². The lowest BCUT2D eigenvalue weighted by molar-refractivity contribution is -0.117. The number of nitrogens with zero attached hydrogens (tertiary/aromatic N) is 4. The molecule has 1 aliphatic heterocycles. The molecule has 2 amide bonds. The summed E-state index contributed by atoms with van der Waals surface area (Å²) in [6, 6.07) is 13.5. The summed E-state index contributed by atoms with van der Waals surface area (Å²) in [4.78, 5) is 26.8. The van der Waals surface area contributed by atoms with E-state index in [2.05, 4.69) is 51.7 Å². The van der Waals surface area contributed by atoms with Crippen LogP contribution < -0.4 is 11.1 Å². The van der Waals surface area contributed by atoms with E-state index in [0.717, 1.165) is 51.6 Å². The van der Waals surface area contributed by atoms with Crippen molar-refractivity contribution in [2.45, 2.75) is 62.4 Å². The molecule has 8 nitrogen and oxygen atoms in total. The van der Waals surface area contributed by atoms with Crippen molar-refractivity contribution in [2.24, 2.45) is 11.7 Å². The molecule has 0 unspecified atom stereocenters. The van der Waals surface area contributed by atoms with Gasteiger partial charge in [-0.15, -0.1) is 0 Å². The van der Waals surface area contributed by atoms with Crippen LogP contribution in [0.5, 0.6) is 0 Å². The Kier molecular flexibility index (Phi) is 5.67. The molecule has 1 aromatic carbocycles. The third-order valence-electron chi connectivity index (χ3n) is 7.65. The Morgan fingerprint density at radius 2 is 1.85 bits per heavy atom. The number of benzene rings is 1. The van der Waals surface area contributed by atoms with Crippen molar-refractivity contribution in [3.63, 3.8) is 0 Å². The highest BCUT2D eigenvalue weighted by Gasteiger charge is 2.43. The van der Waals surface area contributed by atoms with Crippen molar-refractivity contribution in [2.75, 3.05) is 18.4 Å². The van der Waals surface area contributed by atoms with Gasteiger partial charge in [0.25, 0.3) is 5.91 Å². The number of nitriles is 1. The summed E-state index contributed by atoms with van der Waals surface area (Å²) in [6.07, 6.45) is 7.19. The van der Waals surface area contributed by atoms with E-state index in [1.54, 1.807) is 10.9 Å². The molecule has 0 atom stereocenters. The molecular formula is C25H30N6O2. The number of aromatic nitrogens is 2. The fourth-order valence-corrected chi connectivity index (χ4v) is 5.34. The van der Waals surface area contributed by atoms with Crippen molar-refractivity contribution >= 4 is 17.6 Å². The number of carbonyl (C=O) groups excluding carboxylic acids is 2. The molecule has 5 rings (SSSR count). The summed E-state index contributed by atoms with van der Waals surface area (Å²) in [6.45, 7) is 2.15. The fourth-order valence-electron chi connectivity index (χ4n) is 5.34. The fraction of sp³-hybridized carbons (Fsp3) is 0.520. The minimum Gasteiger partial charge on any atom is -0.365 e. The summed E-state index contributed by atoms with van der Waals surface area (Å²) in [5.41, 5.74) is 6.70. The molecule has 0 bridgehead atoms. The lowest BCUT2D eigenvalue weighted by atomic mass is 9.75. The van der Waals surface area contributed by atoms with Gasteiger partial charge in [0.05, 0.1) is 18.0 Å². The summed E-state index contributed by atoms with van der Waals surface area (Å²) in [7, 11) is 0. The second-order valence-electron chi connectivity index (χ2n) is 9.82. The van der Waals surface area contributed by atoms with Crippen molar-refractivity contribution < 1.29 is 9.59 Å². The number of nitrogens with one attached hydrogen (secondary N) is 1. The van der Waals surface area contributed by atoms with Gasteiger partial charge in [-0.3, -0.25) is 19.2 Å². The highest BCUT2D eigenvalue weighted by atomic mass is 16.2. The van der Waals surface area contributed by atoms with Gasteiger partial charge in [0.15, 0.2) is 5.82 Å². The van der Waals surface area contributed by atoms with Crippen molar-refractivity contribution in [1.82, 2.24) is 14.7 Å². The number of primary amides is 1. The maximum Gasteiger partial charge on any atom is 0.254 e. The first-order valence-corrected chi connectivity index (χ1v) is 11.9. The zero-order chi connectivity index (χ0) is 23.0. The Labute approximate surface area is 193 Å². The molecule has 2 heterocycles. The Morgan fingerprint density at radius 1 is 1.15 bits per heavy atom. The Bertz CT molecular complexity index is 1070. The summed E-state index contributed by atoms with van der Waals surface area (Å²) in [5, 5.41) is 16.9. The maximum absolute atomic E-state index is 12.3. The van der Waals surface area contributed by atoms with Gasteiger partial charge < -0.3 is 11.1 Å². The van der Waals surface area contributed by atoms with Gasteiger partial charge in [-0.2, -0.15) is 10.4 Å². The van der Waals surface area contributed by atoms with Gasteiger partial charge in [0.1, 0.15) is 5.56 Å². The van der Waals surface area contributed by atoms with Crippen LogP contribution >= 0.6 is 0 Å². The highest BCUT2D eigenvalue weighted by molar-refractivity contribution is 6.02. The highest BCUT2D eigenvalue weighted by Crippen LogP contribution is 2.42. The van der Waals surface area contributed by atoms with Crippen LogP contribution in [0.25, 0.3) is 0 Å². The van der Waals surface area contributed by atoms with Crippen molar-refractivity contribution in [3.8, 4) is 6.07 Å². The Morgan fingerprint density at radius 3 is 2.45 bits per heavy atom. The average Bonchev–Trinajstić information content (AvgIpc) is 3.55.